The van der Waals surface area contributed by atoms with E-state index in [0.717, 1.165) is 18.7 Å². The number of nitrogens with one attached hydrogen (secondary N) is 2. The number of nitrogens with zero attached hydrogens (tertiary/aromatic N) is 2. The Morgan fingerprint density at radius 1 is 1.59 bits per heavy atom. The third-order valence-electron chi connectivity index (χ3n) is 2.11. The van der Waals surface area contributed by atoms with Gasteiger partial charge in [0, 0.05) is 12.7 Å². The second-order valence-corrected chi connectivity index (χ2v) is 3.91. The van der Waals surface area contributed by atoms with Crippen LogP contribution in [0.25, 0.3) is 0 Å². The van der Waals surface area contributed by atoms with Crippen molar-refractivity contribution in [3.05, 3.63) is 30.1 Å². The van der Waals surface area contributed by atoms with Crippen molar-refractivity contribution in [3.63, 3.8) is 0 Å². The number of hydrogen-bond donors (Lipinski definition) is 3. The minimum Gasteiger partial charge on any atom is -0.370 e. The fourth-order valence-corrected chi connectivity index (χ4v) is 1.51. The molecule has 0 unspecified atom stereocenters. The van der Waals surface area contributed by atoms with Gasteiger partial charge < -0.3 is 11.1 Å². The van der Waals surface area contributed by atoms with Gasteiger partial charge in [0.05, 0.1) is 12.2 Å². The molecule has 6 heteroatoms. The minimum atomic E-state index is -0.0794. The predicted octanol–water partition coefficient (Wildman–Crippen LogP) is 1.06. The smallest absolute Gasteiger partial charge is 0.195 e. The van der Waals surface area contributed by atoms with Crippen molar-refractivity contribution in [3.8, 4) is 0 Å². The van der Waals surface area contributed by atoms with E-state index in [1.54, 1.807) is 6.20 Å². The molecule has 92 valence electrons. The fourth-order valence-electron chi connectivity index (χ4n) is 1.25. The van der Waals surface area contributed by atoms with Crippen molar-refractivity contribution in [2.45, 2.75) is 19.9 Å². The van der Waals surface area contributed by atoms with Gasteiger partial charge in [-0.15, -0.1) is 0 Å². The number of rotatable bonds is 4. The van der Waals surface area contributed by atoms with Gasteiger partial charge in [-0.25, -0.2) is 0 Å². The zero-order valence-corrected chi connectivity index (χ0v) is 10.6. The van der Waals surface area contributed by atoms with Crippen LogP contribution in [0.5, 0.6) is 0 Å². The number of nitrogens with two attached hydrogens (primary N) is 1. The Balaban J connectivity index is 2.67. The van der Waals surface area contributed by atoms with Crippen LogP contribution in [0, 0.1) is 5.41 Å². The van der Waals surface area contributed by atoms with Gasteiger partial charge in [0.15, 0.2) is 11.1 Å². The molecule has 0 aliphatic carbocycles. The molecule has 1 heterocycles. The van der Waals surface area contributed by atoms with Crippen molar-refractivity contribution in [1.82, 2.24) is 15.2 Å². The summed E-state index contributed by atoms with van der Waals surface area (Å²) in [7, 11) is 0. The van der Waals surface area contributed by atoms with Gasteiger partial charge in [0.25, 0.3) is 0 Å². The largest absolute Gasteiger partial charge is 0.370 e. The highest BCUT2D eigenvalue weighted by molar-refractivity contribution is 7.80. The Hall–Kier alpha value is -1.69. The number of guanidine groups is 1. The topological polar surface area (TPSA) is 78.0 Å². The van der Waals surface area contributed by atoms with Crippen molar-refractivity contribution < 1.29 is 0 Å². The maximum atomic E-state index is 7.52. The monoisotopic (exact) mass is 251 g/mol. The SMILES string of the molecule is CCCNC(=S)N(Cc1ccccn1)C(=N)N. The molecule has 1 aromatic heterocycles. The van der Waals surface area contributed by atoms with Gasteiger partial charge in [-0.1, -0.05) is 13.0 Å². The molecule has 0 saturated heterocycles. The summed E-state index contributed by atoms with van der Waals surface area (Å²) in [4.78, 5) is 5.70. The minimum absolute atomic E-state index is 0.0794. The highest BCUT2D eigenvalue weighted by Gasteiger charge is 2.12. The Kier molecular flexibility index (Phi) is 5.35. The molecule has 0 saturated carbocycles. The molecule has 0 aromatic carbocycles. The summed E-state index contributed by atoms with van der Waals surface area (Å²) in [5.74, 6) is -0.0794. The Bertz CT molecular complexity index is 379. The maximum absolute atomic E-state index is 7.52. The van der Waals surface area contributed by atoms with E-state index < -0.39 is 0 Å². The van der Waals surface area contributed by atoms with E-state index in [4.69, 9.17) is 23.4 Å². The molecule has 1 rings (SSSR count). The van der Waals surface area contributed by atoms with Crippen molar-refractivity contribution in [1.29, 1.82) is 5.41 Å². The molecule has 0 bridgehead atoms. The van der Waals surface area contributed by atoms with Crippen LogP contribution in [-0.4, -0.2) is 27.5 Å². The van der Waals surface area contributed by atoms with E-state index in [1.807, 2.05) is 25.1 Å². The normalized spacial score (nSPS) is 9.71. The molecule has 0 radical (unpaired) electrons. The lowest BCUT2D eigenvalue weighted by molar-refractivity contribution is 0.565. The summed E-state index contributed by atoms with van der Waals surface area (Å²) in [5, 5.41) is 11.0. The van der Waals surface area contributed by atoms with Gasteiger partial charge in [-0.05, 0) is 30.8 Å². The number of thiocarbonyl (C=S) groups is 1. The summed E-state index contributed by atoms with van der Waals surface area (Å²) >= 11 is 5.18. The third-order valence-corrected chi connectivity index (χ3v) is 2.47. The molecule has 1 aromatic rings. The molecule has 5 nitrogen and oxygen atoms in total. The van der Waals surface area contributed by atoms with Gasteiger partial charge in [-0.2, -0.15) is 0 Å². The van der Waals surface area contributed by atoms with E-state index in [1.165, 1.54) is 4.90 Å². The molecular weight excluding hydrogens is 234 g/mol. The van der Waals surface area contributed by atoms with Crippen LogP contribution in [-0.2, 0) is 6.54 Å². The van der Waals surface area contributed by atoms with Crippen LogP contribution >= 0.6 is 12.2 Å². The molecule has 0 aliphatic heterocycles. The highest BCUT2D eigenvalue weighted by atomic mass is 32.1. The molecule has 0 spiro atoms. The molecule has 4 N–H and O–H groups in total. The van der Waals surface area contributed by atoms with E-state index in [9.17, 15) is 0 Å². The summed E-state index contributed by atoms with van der Waals surface area (Å²) < 4.78 is 0. The van der Waals surface area contributed by atoms with Crippen molar-refractivity contribution >= 4 is 23.3 Å². The first-order valence-electron chi connectivity index (χ1n) is 5.44. The van der Waals surface area contributed by atoms with Gasteiger partial charge in [-0.3, -0.25) is 15.3 Å². The zero-order valence-electron chi connectivity index (χ0n) is 9.81. The summed E-state index contributed by atoms with van der Waals surface area (Å²) in [6, 6.07) is 5.61. The summed E-state index contributed by atoms with van der Waals surface area (Å²) in [6.45, 7) is 3.23. The molecule has 0 aliphatic rings. The second-order valence-electron chi connectivity index (χ2n) is 3.52. The maximum Gasteiger partial charge on any atom is 0.195 e. The first-order chi connectivity index (χ1) is 8.15. The molecule has 17 heavy (non-hydrogen) atoms. The van der Waals surface area contributed by atoms with Crippen LogP contribution < -0.4 is 11.1 Å². The van der Waals surface area contributed by atoms with E-state index in [0.29, 0.717) is 11.7 Å². The molecule has 0 amide bonds. The van der Waals surface area contributed by atoms with Crippen LogP contribution in [0.4, 0.5) is 0 Å². The lowest BCUT2D eigenvalue weighted by Crippen LogP contribution is -2.46. The van der Waals surface area contributed by atoms with Crippen LogP contribution in [0.2, 0.25) is 0 Å². The quantitative estimate of drug-likeness (QED) is 0.424. The fraction of sp³-hybridized carbons (Fsp3) is 0.364. The van der Waals surface area contributed by atoms with Crippen LogP contribution in [0.1, 0.15) is 19.0 Å². The predicted molar refractivity (Wildman–Crippen MR) is 72.6 cm³/mol. The van der Waals surface area contributed by atoms with Gasteiger partial charge in [0.1, 0.15) is 0 Å². The molecular formula is C11H17N5S. The third kappa shape index (κ3) is 4.36. The summed E-state index contributed by atoms with van der Waals surface area (Å²) in [6.07, 6.45) is 2.67. The van der Waals surface area contributed by atoms with Crippen molar-refractivity contribution in [2.75, 3.05) is 6.54 Å². The second kappa shape index (κ2) is 6.80. The van der Waals surface area contributed by atoms with Crippen LogP contribution in [0.15, 0.2) is 24.4 Å². The lowest BCUT2D eigenvalue weighted by Gasteiger charge is -2.23. The Morgan fingerprint density at radius 3 is 2.88 bits per heavy atom. The average Bonchev–Trinajstić information content (AvgIpc) is 2.34. The molecule has 0 fully saturated rings. The zero-order chi connectivity index (χ0) is 12.7. The van der Waals surface area contributed by atoms with Gasteiger partial charge >= 0.3 is 0 Å². The van der Waals surface area contributed by atoms with Crippen molar-refractivity contribution in [2.24, 2.45) is 5.73 Å². The average molecular weight is 251 g/mol. The highest BCUT2D eigenvalue weighted by Crippen LogP contribution is 2.01. The number of aromatic nitrogens is 1. The van der Waals surface area contributed by atoms with E-state index in [2.05, 4.69) is 10.3 Å². The Morgan fingerprint density at radius 2 is 2.35 bits per heavy atom. The Labute approximate surface area is 107 Å². The number of pyridine rings is 1. The lowest BCUT2D eigenvalue weighted by atomic mass is 10.3. The van der Waals surface area contributed by atoms with Gasteiger partial charge in [0.2, 0.25) is 0 Å². The standard InChI is InChI=1S/C11H17N5S/c1-2-6-15-11(17)16(10(12)13)8-9-5-3-4-7-14-9/h3-5,7H,2,6,8H2,1H3,(H3,12,13)(H,15,17). The van der Waals surface area contributed by atoms with E-state index >= 15 is 0 Å². The molecule has 0 atom stereocenters. The number of hydrogen-bond acceptors (Lipinski definition) is 3. The summed E-state index contributed by atoms with van der Waals surface area (Å²) in [5.41, 5.74) is 6.33. The van der Waals surface area contributed by atoms with Crippen LogP contribution in [0.3, 0.4) is 0 Å². The first kappa shape index (κ1) is 13.4. The first-order valence-corrected chi connectivity index (χ1v) is 5.85. The van der Waals surface area contributed by atoms with E-state index in [-0.39, 0.29) is 5.96 Å².